The van der Waals surface area contributed by atoms with Crippen LogP contribution >= 0.6 is 0 Å². The van der Waals surface area contributed by atoms with Gasteiger partial charge in [-0.1, -0.05) is 25.2 Å². The maximum absolute atomic E-state index is 11.4. The van der Waals surface area contributed by atoms with Gasteiger partial charge in [0.2, 0.25) is 0 Å². The second-order valence-electron chi connectivity index (χ2n) is 6.70. The summed E-state index contributed by atoms with van der Waals surface area (Å²) >= 11 is 0. The van der Waals surface area contributed by atoms with Gasteiger partial charge >= 0.3 is 5.97 Å². The van der Waals surface area contributed by atoms with Crippen LogP contribution in [0.15, 0.2) is 23.8 Å². The molecule has 2 aliphatic rings. The molecule has 0 aromatic rings. The van der Waals surface area contributed by atoms with Crippen molar-refractivity contribution in [2.24, 2.45) is 17.3 Å². The van der Waals surface area contributed by atoms with E-state index in [1.54, 1.807) is 0 Å². The molecule has 0 radical (unpaired) electrons. The fraction of sp³-hybridized carbons (Fsp3) is 0.706. The molecular formula is C17H26O4. The van der Waals surface area contributed by atoms with E-state index in [1.165, 1.54) is 6.92 Å². The smallest absolute Gasteiger partial charge is 0.302 e. The van der Waals surface area contributed by atoms with E-state index in [2.05, 4.69) is 13.5 Å². The van der Waals surface area contributed by atoms with Crippen LogP contribution in [0.5, 0.6) is 0 Å². The first-order valence-corrected chi connectivity index (χ1v) is 7.62. The number of rotatable bonds is 3. The van der Waals surface area contributed by atoms with Gasteiger partial charge in [0, 0.05) is 12.8 Å². The van der Waals surface area contributed by atoms with Gasteiger partial charge in [-0.05, 0) is 43.1 Å². The zero-order valence-electron chi connectivity index (χ0n) is 13.1. The van der Waals surface area contributed by atoms with E-state index in [-0.39, 0.29) is 30.0 Å². The zero-order chi connectivity index (χ0) is 15.8. The van der Waals surface area contributed by atoms with Crippen molar-refractivity contribution in [3.63, 3.8) is 0 Å². The molecule has 0 saturated heterocycles. The lowest BCUT2D eigenvalue weighted by Crippen LogP contribution is -2.41. The minimum atomic E-state index is -0.621. The molecule has 0 amide bonds. The monoisotopic (exact) mass is 294 g/mol. The highest BCUT2D eigenvalue weighted by molar-refractivity contribution is 5.66. The summed E-state index contributed by atoms with van der Waals surface area (Å²) in [5.74, 6) is 0.121. The second kappa shape index (κ2) is 5.93. The van der Waals surface area contributed by atoms with Crippen LogP contribution in [-0.4, -0.2) is 35.0 Å². The number of allylic oxidation sites excluding steroid dienone is 1. The minimum absolute atomic E-state index is 0.0579. The third-order valence-electron chi connectivity index (χ3n) is 5.33. The summed E-state index contributed by atoms with van der Waals surface area (Å²) in [4.78, 5) is 11.4. The summed E-state index contributed by atoms with van der Waals surface area (Å²) in [6.45, 7) is 9.56. The topological polar surface area (TPSA) is 66.8 Å². The van der Waals surface area contributed by atoms with E-state index in [4.69, 9.17) is 4.74 Å². The van der Waals surface area contributed by atoms with Crippen LogP contribution in [0.3, 0.4) is 0 Å². The lowest BCUT2D eigenvalue weighted by molar-refractivity contribution is -0.148. The Morgan fingerprint density at radius 2 is 2.19 bits per heavy atom. The predicted molar refractivity (Wildman–Crippen MR) is 80.5 cm³/mol. The Bertz CT molecular complexity index is 467. The summed E-state index contributed by atoms with van der Waals surface area (Å²) in [6, 6.07) is 0. The van der Waals surface area contributed by atoms with Crippen molar-refractivity contribution in [2.75, 3.05) is 6.61 Å². The first-order valence-electron chi connectivity index (χ1n) is 7.62. The van der Waals surface area contributed by atoms with Gasteiger partial charge in [0.1, 0.15) is 6.10 Å². The fourth-order valence-corrected chi connectivity index (χ4v) is 4.39. The Kier molecular flexibility index (Phi) is 4.59. The number of hydrogen-bond acceptors (Lipinski definition) is 4. The Hall–Kier alpha value is -1.13. The van der Waals surface area contributed by atoms with Gasteiger partial charge < -0.3 is 14.9 Å². The van der Waals surface area contributed by atoms with Crippen molar-refractivity contribution >= 4 is 5.97 Å². The van der Waals surface area contributed by atoms with Gasteiger partial charge in [-0.3, -0.25) is 4.79 Å². The van der Waals surface area contributed by atoms with Crippen molar-refractivity contribution < 1.29 is 19.7 Å². The summed E-state index contributed by atoms with van der Waals surface area (Å²) in [7, 11) is 0. The Morgan fingerprint density at radius 3 is 2.67 bits per heavy atom. The molecule has 0 heterocycles. The van der Waals surface area contributed by atoms with Crippen molar-refractivity contribution in [2.45, 2.75) is 52.2 Å². The van der Waals surface area contributed by atoms with Crippen molar-refractivity contribution in [1.29, 1.82) is 0 Å². The molecule has 118 valence electrons. The molecule has 1 saturated carbocycles. The number of aliphatic hydroxyl groups is 2. The maximum atomic E-state index is 11.4. The predicted octanol–water partition coefficient (Wildman–Crippen LogP) is 2.21. The molecule has 0 aromatic heterocycles. The van der Waals surface area contributed by atoms with E-state index in [9.17, 15) is 15.0 Å². The second-order valence-corrected chi connectivity index (χ2v) is 6.70. The average molecular weight is 294 g/mol. The summed E-state index contributed by atoms with van der Waals surface area (Å²) in [6.07, 6.45) is 3.35. The molecule has 2 aliphatic carbocycles. The lowest BCUT2D eigenvalue weighted by Gasteiger charge is -2.44. The Morgan fingerprint density at radius 1 is 1.52 bits per heavy atom. The molecule has 2 rings (SSSR count). The molecule has 2 N–H and O–H groups in total. The summed E-state index contributed by atoms with van der Waals surface area (Å²) in [5.41, 5.74) is 1.56. The quantitative estimate of drug-likeness (QED) is 0.618. The zero-order valence-corrected chi connectivity index (χ0v) is 13.1. The SMILES string of the molecule is C=C(C)[C@H]1[C@H](OC(C)=O)C[C@H](C)[C@@]12CC=C(CO)[C@@H](O)C2. The first kappa shape index (κ1) is 16.2. The third kappa shape index (κ3) is 2.79. The van der Waals surface area contributed by atoms with Gasteiger partial charge in [-0.25, -0.2) is 0 Å². The number of carbonyl (C=O) groups excluding carboxylic acids is 1. The highest BCUT2D eigenvalue weighted by Gasteiger charge is 2.55. The molecule has 21 heavy (non-hydrogen) atoms. The minimum Gasteiger partial charge on any atom is -0.462 e. The van der Waals surface area contributed by atoms with Crippen LogP contribution < -0.4 is 0 Å². The molecule has 0 aromatic carbocycles. The van der Waals surface area contributed by atoms with Crippen LogP contribution in [0.1, 0.15) is 40.0 Å². The van der Waals surface area contributed by atoms with Crippen LogP contribution in [-0.2, 0) is 9.53 Å². The molecule has 1 fully saturated rings. The van der Waals surface area contributed by atoms with Crippen molar-refractivity contribution in [3.8, 4) is 0 Å². The van der Waals surface area contributed by atoms with Crippen molar-refractivity contribution in [3.05, 3.63) is 23.8 Å². The Labute approximate surface area is 126 Å². The van der Waals surface area contributed by atoms with Crippen LogP contribution in [0.25, 0.3) is 0 Å². The molecule has 5 atom stereocenters. The number of aliphatic hydroxyl groups excluding tert-OH is 2. The summed E-state index contributed by atoms with van der Waals surface area (Å²) in [5, 5.41) is 19.6. The number of carbonyl (C=O) groups is 1. The van der Waals surface area contributed by atoms with E-state index in [0.29, 0.717) is 17.9 Å². The lowest BCUT2D eigenvalue weighted by atomic mass is 9.62. The molecule has 4 heteroatoms. The van der Waals surface area contributed by atoms with Gasteiger partial charge in [-0.2, -0.15) is 0 Å². The highest BCUT2D eigenvalue weighted by Crippen LogP contribution is 2.58. The first-order chi connectivity index (χ1) is 9.81. The van der Waals surface area contributed by atoms with E-state index < -0.39 is 6.10 Å². The van der Waals surface area contributed by atoms with Crippen LogP contribution in [0.2, 0.25) is 0 Å². The average Bonchev–Trinajstić information content (AvgIpc) is 2.61. The van der Waals surface area contributed by atoms with E-state index in [0.717, 1.165) is 18.4 Å². The molecule has 0 unspecified atom stereocenters. The van der Waals surface area contributed by atoms with Crippen LogP contribution in [0.4, 0.5) is 0 Å². The molecule has 0 bridgehead atoms. The van der Waals surface area contributed by atoms with Gasteiger partial charge in [-0.15, -0.1) is 0 Å². The summed E-state index contributed by atoms with van der Waals surface area (Å²) < 4.78 is 5.52. The Balaban J connectivity index is 2.35. The largest absolute Gasteiger partial charge is 0.462 e. The standard InChI is InChI=1S/C17H26O4/c1-10(2)16-15(21-12(4)19)7-11(3)17(16)6-5-13(9-18)14(20)8-17/h5,11,14-16,18,20H,1,6-9H2,2-4H3/t11-,14-,15+,16-,17-/m0/s1. The third-order valence-corrected chi connectivity index (χ3v) is 5.33. The molecule has 4 nitrogen and oxygen atoms in total. The number of esters is 1. The van der Waals surface area contributed by atoms with E-state index in [1.807, 2.05) is 13.0 Å². The van der Waals surface area contributed by atoms with Crippen molar-refractivity contribution in [1.82, 2.24) is 0 Å². The van der Waals surface area contributed by atoms with Gasteiger partial charge in [0.25, 0.3) is 0 Å². The number of ether oxygens (including phenoxy) is 1. The van der Waals surface area contributed by atoms with Crippen LogP contribution in [0, 0.1) is 17.3 Å². The molecular weight excluding hydrogens is 268 g/mol. The maximum Gasteiger partial charge on any atom is 0.302 e. The normalized spacial score (nSPS) is 39.2. The highest BCUT2D eigenvalue weighted by atomic mass is 16.5. The van der Waals surface area contributed by atoms with Gasteiger partial charge in [0.15, 0.2) is 0 Å². The number of hydrogen-bond donors (Lipinski definition) is 2. The molecule has 1 spiro atoms. The fourth-order valence-electron chi connectivity index (χ4n) is 4.39. The molecule has 0 aliphatic heterocycles. The van der Waals surface area contributed by atoms with Gasteiger partial charge in [0.05, 0.1) is 12.7 Å². The van der Waals surface area contributed by atoms with E-state index >= 15 is 0 Å².